The summed E-state index contributed by atoms with van der Waals surface area (Å²) in [5.74, 6) is 0.0140. The molecule has 0 aliphatic heterocycles. The Bertz CT molecular complexity index is 1250. The number of hydrogen-bond donors (Lipinski definition) is 1. The van der Waals surface area contributed by atoms with Crippen molar-refractivity contribution in [2.24, 2.45) is 0 Å². The minimum Gasteiger partial charge on any atom is -0.326 e. The molecule has 1 amide bonds. The minimum absolute atomic E-state index is 0.0394. The number of ketones is 1. The van der Waals surface area contributed by atoms with E-state index in [4.69, 9.17) is 4.98 Å². The molecule has 0 radical (unpaired) electrons. The first kappa shape index (κ1) is 20.0. The summed E-state index contributed by atoms with van der Waals surface area (Å²) in [4.78, 5) is 28.3. The number of nitrogens with zero attached hydrogens (tertiary/aromatic N) is 4. The molecule has 2 aromatic carbocycles. The van der Waals surface area contributed by atoms with Gasteiger partial charge in [-0.3, -0.25) is 9.59 Å². The van der Waals surface area contributed by atoms with E-state index >= 15 is 0 Å². The van der Waals surface area contributed by atoms with Crippen molar-refractivity contribution in [2.75, 3.05) is 11.1 Å². The molecule has 152 valence electrons. The van der Waals surface area contributed by atoms with Crippen LogP contribution in [0.5, 0.6) is 0 Å². The number of para-hydroxylation sites is 1. The molecule has 0 bridgehead atoms. The van der Waals surface area contributed by atoms with Gasteiger partial charge in [0.15, 0.2) is 11.4 Å². The lowest BCUT2D eigenvalue weighted by Crippen LogP contribution is -2.07. The normalized spacial score (nSPS) is 11.3. The van der Waals surface area contributed by atoms with E-state index in [0.29, 0.717) is 16.4 Å². The number of hydrogen-bond acceptors (Lipinski definition) is 6. The highest BCUT2D eigenvalue weighted by molar-refractivity contribution is 7.99. The van der Waals surface area contributed by atoms with Crippen LogP contribution in [0.2, 0.25) is 0 Å². The summed E-state index contributed by atoms with van der Waals surface area (Å²) in [6.45, 7) is 5.66. The molecule has 0 saturated carbocycles. The Balaban J connectivity index is 1.55. The van der Waals surface area contributed by atoms with Gasteiger partial charge in [-0.05, 0) is 44.2 Å². The standard InChI is InChI=1S/C22H21N5O2S/c1-13(2)27-18-7-5-4-6-17(18)20-21(27)24-22(26-25-20)30-12-19(29)15-8-10-16(11-9-15)23-14(3)28/h4-11,13H,12H2,1-3H3,(H,23,28). The molecule has 0 atom stereocenters. The molecule has 0 saturated heterocycles. The number of rotatable bonds is 6. The number of aromatic nitrogens is 4. The van der Waals surface area contributed by atoms with E-state index in [1.54, 1.807) is 24.3 Å². The number of benzene rings is 2. The molecule has 0 spiro atoms. The van der Waals surface area contributed by atoms with Gasteiger partial charge in [0.05, 0.1) is 11.3 Å². The van der Waals surface area contributed by atoms with E-state index < -0.39 is 0 Å². The van der Waals surface area contributed by atoms with Crippen LogP contribution in [0, 0.1) is 0 Å². The van der Waals surface area contributed by atoms with E-state index in [1.807, 2.05) is 18.2 Å². The smallest absolute Gasteiger partial charge is 0.221 e. The second kappa shape index (κ2) is 8.23. The largest absolute Gasteiger partial charge is 0.326 e. The summed E-state index contributed by atoms with van der Waals surface area (Å²) in [6, 6.07) is 15.1. The molecular weight excluding hydrogens is 398 g/mol. The van der Waals surface area contributed by atoms with Crippen LogP contribution in [0.25, 0.3) is 22.1 Å². The summed E-state index contributed by atoms with van der Waals surface area (Å²) >= 11 is 1.27. The fraction of sp³-hybridized carbons (Fsp3) is 0.227. The molecule has 0 aliphatic carbocycles. The van der Waals surface area contributed by atoms with Crippen LogP contribution in [0.4, 0.5) is 5.69 Å². The number of anilines is 1. The SMILES string of the molecule is CC(=O)Nc1ccc(C(=O)CSc2nnc3c4ccccc4n(C(C)C)c3n2)cc1. The van der Waals surface area contributed by atoms with Gasteiger partial charge in [0, 0.05) is 29.6 Å². The minimum atomic E-state index is -0.150. The van der Waals surface area contributed by atoms with Crippen molar-refractivity contribution >= 4 is 51.2 Å². The molecular formula is C22H21N5O2S. The maximum Gasteiger partial charge on any atom is 0.221 e. The molecule has 4 aromatic rings. The Kier molecular flexibility index (Phi) is 5.50. The van der Waals surface area contributed by atoms with E-state index in [0.717, 1.165) is 22.1 Å². The van der Waals surface area contributed by atoms with E-state index in [9.17, 15) is 9.59 Å². The molecule has 30 heavy (non-hydrogen) atoms. The first-order chi connectivity index (χ1) is 14.4. The van der Waals surface area contributed by atoms with Gasteiger partial charge in [0.1, 0.15) is 5.52 Å². The maximum atomic E-state index is 12.5. The summed E-state index contributed by atoms with van der Waals surface area (Å²) in [7, 11) is 0. The third kappa shape index (κ3) is 3.91. The van der Waals surface area contributed by atoms with Gasteiger partial charge in [0.25, 0.3) is 0 Å². The first-order valence-corrected chi connectivity index (χ1v) is 10.6. The Hall–Kier alpha value is -3.26. The average Bonchev–Trinajstić information content (AvgIpc) is 3.06. The van der Waals surface area contributed by atoms with Crippen molar-refractivity contribution in [1.82, 2.24) is 19.7 Å². The molecule has 8 heteroatoms. The zero-order valence-electron chi connectivity index (χ0n) is 16.9. The van der Waals surface area contributed by atoms with Crippen molar-refractivity contribution in [2.45, 2.75) is 32.0 Å². The molecule has 2 aromatic heterocycles. The monoisotopic (exact) mass is 419 g/mol. The van der Waals surface area contributed by atoms with Gasteiger partial charge in [-0.15, -0.1) is 10.2 Å². The molecule has 0 fully saturated rings. The van der Waals surface area contributed by atoms with Gasteiger partial charge in [-0.25, -0.2) is 4.98 Å². The summed E-state index contributed by atoms with van der Waals surface area (Å²) < 4.78 is 2.14. The van der Waals surface area contributed by atoms with E-state index in [-0.39, 0.29) is 23.5 Å². The van der Waals surface area contributed by atoms with Crippen molar-refractivity contribution in [3.8, 4) is 0 Å². The Morgan fingerprint density at radius 3 is 2.50 bits per heavy atom. The highest BCUT2D eigenvalue weighted by Crippen LogP contribution is 2.30. The van der Waals surface area contributed by atoms with Crippen LogP contribution in [-0.4, -0.2) is 37.2 Å². The molecule has 1 N–H and O–H groups in total. The number of amides is 1. The van der Waals surface area contributed by atoms with Gasteiger partial charge in [0.2, 0.25) is 11.1 Å². The van der Waals surface area contributed by atoms with E-state index in [2.05, 4.69) is 40.0 Å². The number of nitrogens with one attached hydrogen (secondary N) is 1. The fourth-order valence-electron chi connectivity index (χ4n) is 3.38. The van der Waals surface area contributed by atoms with Crippen LogP contribution in [0.1, 0.15) is 37.2 Å². The summed E-state index contributed by atoms with van der Waals surface area (Å²) in [5.41, 5.74) is 3.84. The van der Waals surface area contributed by atoms with Crippen LogP contribution in [0.3, 0.4) is 0 Å². The van der Waals surface area contributed by atoms with Gasteiger partial charge in [-0.2, -0.15) is 0 Å². The second-order valence-corrected chi connectivity index (χ2v) is 8.16. The quantitative estimate of drug-likeness (QED) is 0.366. The van der Waals surface area contributed by atoms with Crippen LogP contribution >= 0.6 is 11.8 Å². The lowest BCUT2D eigenvalue weighted by Gasteiger charge is -2.10. The topological polar surface area (TPSA) is 89.8 Å². The Morgan fingerprint density at radius 2 is 1.80 bits per heavy atom. The highest BCUT2D eigenvalue weighted by Gasteiger charge is 2.17. The molecule has 0 unspecified atom stereocenters. The first-order valence-electron chi connectivity index (χ1n) is 9.61. The van der Waals surface area contributed by atoms with Crippen LogP contribution < -0.4 is 5.32 Å². The third-order valence-electron chi connectivity index (χ3n) is 4.67. The van der Waals surface area contributed by atoms with Gasteiger partial charge >= 0.3 is 0 Å². The van der Waals surface area contributed by atoms with Gasteiger partial charge < -0.3 is 9.88 Å². The van der Waals surface area contributed by atoms with Crippen molar-refractivity contribution in [3.05, 3.63) is 54.1 Å². The number of Topliss-reactive ketones (excluding diaryl/α,β-unsaturated/α-hetero) is 1. The van der Waals surface area contributed by atoms with Crippen LogP contribution in [-0.2, 0) is 4.79 Å². The number of carbonyl (C=O) groups excluding carboxylic acids is 2. The zero-order valence-corrected chi connectivity index (χ0v) is 17.7. The van der Waals surface area contributed by atoms with Crippen molar-refractivity contribution in [3.63, 3.8) is 0 Å². The van der Waals surface area contributed by atoms with Crippen LogP contribution in [0.15, 0.2) is 53.7 Å². The van der Waals surface area contributed by atoms with Gasteiger partial charge in [-0.1, -0.05) is 30.0 Å². The predicted molar refractivity (Wildman–Crippen MR) is 119 cm³/mol. The second-order valence-electron chi connectivity index (χ2n) is 7.22. The fourth-order valence-corrected chi connectivity index (χ4v) is 4.06. The lowest BCUT2D eigenvalue weighted by molar-refractivity contribution is -0.114. The van der Waals surface area contributed by atoms with Crippen molar-refractivity contribution < 1.29 is 9.59 Å². The average molecular weight is 420 g/mol. The molecule has 0 aliphatic rings. The lowest BCUT2D eigenvalue weighted by atomic mass is 10.1. The summed E-state index contributed by atoms with van der Waals surface area (Å²) in [6.07, 6.45) is 0. The summed E-state index contributed by atoms with van der Waals surface area (Å²) in [5, 5.41) is 12.8. The maximum absolute atomic E-state index is 12.5. The highest BCUT2D eigenvalue weighted by atomic mass is 32.2. The molecule has 4 rings (SSSR count). The number of thioether (sulfide) groups is 1. The molecule has 7 nitrogen and oxygen atoms in total. The van der Waals surface area contributed by atoms with Crippen molar-refractivity contribution in [1.29, 1.82) is 0 Å². The Labute approximate surface area is 177 Å². The number of fused-ring (bicyclic) bond motifs is 3. The molecule has 2 heterocycles. The zero-order chi connectivity index (χ0) is 21.3. The third-order valence-corrected chi connectivity index (χ3v) is 5.51. The van der Waals surface area contributed by atoms with E-state index in [1.165, 1.54) is 18.7 Å². The Morgan fingerprint density at radius 1 is 1.07 bits per heavy atom. The predicted octanol–water partition coefficient (Wildman–Crippen LogP) is 4.49. The number of carbonyl (C=O) groups is 2.